The Bertz CT molecular complexity index is 639. The van der Waals surface area contributed by atoms with E-state index in [1.54, 1.807) is 19.2 Å². The topological polar surface area (TPSA) is 49.9 Å². The van der Waals surface area contributed by atoms with Gasteiger partial charge in [0.15, 0.2) is 6.10 Å². The molecule has 0 spiro atoms. The van der Waals surface area contributed by atoms with E-state index >= 15 is 0 Å². The summed E-state index contributed by atoms with van der Waals surface area (Å²) in [5, 5.41) is 0. The molecular weight excluding hydrogens is 323 g/mol. The number of piperidine rings is 1. The Morgan fingerprint density at radius 1 is 1.16 bits per heavy atom. The van der Waals surface area contributed by atoms with E-state index in [0.717, 1.165) is 6.42 Å². The maximum absolute atomic E-state index is 13.3. The quantitative estimate of drug-likeness (QED) is 0.824. The summed E-state index contributed by atoms with van der Waals surface area (Å²) in [6, 6.07) is 5.37. The predicted octanol–water partition coefficient (Wildman–Crippen LogP) is 2.23. The number of carbonyl (C=O) groups is 2. The molecule has 0 N–H and O–H groups in total. The minimum absolute atomic E-state index is 0.0907. The van der Waals surface area contributed by atoms with Crippen molar-refractivity contribution in [1.29, 1.82) is 0 Å². The lowest BCUT2D eigenvalue weighted by Gasteiger charge is -2.42. The number of halogens is 1. The summed E-state index contributed by atoms with van der Waals surface area (Å²) in [4.78, 5) is 28.6. The molecule has 6 heteroatoms. The number of hydrogen-bond donors (Lipinski definition) is 0. The zero-order valence-corrected chi connectivity index (χ0v) is 14.9. The maximum atomic E-state index is 13.3. The zero-order chi connectivity index (χ0) is 18.1. The lowest BCUT2D eigenvalue weighted by Crippen LogP contribution is -2.55. The summed E-state index contributed by atoms with van der Waals surface area (Å²) in [5.74, 6) is 0.265. The van der Waals surface area contributed by atoms with E-state index in [1.807, 2.05) is 4.90 Å². The monoisotopic (exact) mass is 348 g/mol. The van der Waals surface area contributed by atoms with Crippen LogP contribution in [0.25, 0.3) is 0 Å². The van der Waals surface area contributed by atoms with Crippen molar-refractivity contribution in [2.75, 3.05) is 26.7 Å². The molecule has 0 bridgehead atoms. The van der Waals surface area contributed by atoms with Gasteiger partial charge in [0, 0.05) is 20.1 Å². The van der Waals surface area contributed by atoms with Gasteiger partial charge in [0.05, 0.1) is 6.04 Å². The molecule has 4 atom stereocenters. The average Bonchev–Trinajstić information content (AvgIpc) is 2.57. The van der Waals surface area contributed by atoms with Crippen LogP contribution in [-0.2, 0) is 14.3 Å². The van der Waals surface area contributed by atoms with E-state index in [-0.39, 0.29) is 24.2 Å². The van der Waals surface area contributed by atoms with Gasteiger partial charge in [-0.15, -0.1) is 0 Å². The third kappa shape index (κ3) is 3.68. The van der Waals surface area contributed by atoms with Gasteiger partial charge in [0.25, 0.3) is 5.91 Å². The van der Waals surface area contributed by atoms with Gasteiger partial charge in [-0.25, -0.2) is 4.39 Å². The third-order valence-corrected chi connectivity index (χ3v) is 5.12. The van der Waals surface area contributed by atoms with Crippen molar-refractivity contribution >= 4 is 11.8 Å². The SMILES string of the molecule is C[C@@H]1C[C@H](C)CN(C(=O)[C@H]2OCC(=O)N(C)[C@@H]2c2ccc(F)cc2)C1. The molecular formula is C19H25FN2O3. The molecule has 1 aromatic carbocycles. The van der Waals surface area contributed by atoms with Crippen LogP contribution >= 0.6 is 0 Å². The van der Waals surface area contributed by atoms with Crippen LogP contribution in [0.3, 0.4) is 0 Å². The van der Waals surface area contributed by atoms with Crippen LogP contribution in [0, 0.1) is 17.7 Å². The van der Waals surface area contributed by atoms with E-state index in [0.29, 0.717) is 30.5 Å². The Balaban J connectivity index is 1.87. The van der Waals surface area contributed by atoms with Gasteiger partial charge in [-0.3, -0.25) is 9.59 Å². The van der Waals surface area contributed by atoms with Crippen LogP contribution in [-0.4, -0.2) is 54.5 Å². The molecule has 2 saturated heterocycles. The van der Waals surface area contributed by atoms with E-state index in [9.17, 15) is 14.0 Å². The Morgan fingerprint density at radius 3 is 2.36 bits per heavy atom. The number of morpholine rings is 1. The number of carbonyl (C=O) groups excluding carboxylic acids is 2. The van der Waals surface area contributed by atoms with Gasteiger partial charge in [-0.1, -0.05) is 26.0 Å². The second kappa shape index (κ2) is 7.12. The largest absolute Gasteiger partial charge is 0.356 e. The first kappa shape index (κ1) is 17.9. The van der Waals surface area contributed by atoms with Crippen LogP contribution in [0.5, 0.6) is 0 Å². The van der Waals surface area contributed by atoms with E-state index in [1.165, 1.54) is 17.0 Å². The molecule has 0 radical (unpaired) electrons. The number of ether oxygens (including phenoxy) is 1. The highest BCUT2D eigenvalue weighted by molar-refractivity contribution is 5.86. The minimum Gasteiger partial charge on any atom is -0.356 e. The fraction of sp³-hybridized carbons (Fsp3) is 0.579. The molecule has 25 heavy (non-hydrogen) atoms. The summed E-state index contributed by atoms with van der Waals surface area (Å²) in [5.41, 5.74) is 0.702. The fourth-order valence-corrected chi connectivity index (χ4v) is 4.00. The molecule has 2 fully saturated rings. The molecule has 1 aromatic rings. The van der Waals surface area contributed by atoms with Gasteiger partial charge in [0.2, 0.25) is 5.91 Å². The normalized spacial score (nSPS) is 30.5. The van der Waals surface area contributed by atoms with Gasteiger partial charge >= 0.3 is 0 Å². The van der Waals surface area contributed by atoms with Crippen molar-refractivity contribution in [3.63, 3.8) is 0 Å². The Labute approximate surface area is 147 Å². The summed E-state index contributed by atoms with van der Waals surface area (Å²) >= 11 is 0. The lowest BCUT2D eigenvalue weighted by atomic mass is 9.90. The number of likely N-dealkylation sites (N-methyl/N-ethyl adjacent to an activating group) is 1. The highest BCUT2D eigenvalue weighted by Crippen LogP contribution is 2.32. The van der Waals surface area contributed by atoms with E-state index in [2.05, 4.69) is 13.8 Å². The number of amides is 2. The molecule has 2 aliphatic rings. The second-order valence-electron chi connectivity index (χ2n) is 7.42. The van der Waals surface area contributed by atoms with Crippen molar-refractivity contribution < 1.29 is 18.7 Å². The van der Waals surface area contributed by atoms with Crippen molar-refractivity contribution in [2.45, 2.75) is 32.4 Å². The van der Waals surface area contributed by atoms with Gasteiger partial charge in [-0.2, -0.15) is 0 Å². The predicted molar refractivity (Wildman–Crippen MR) is 91.2 cm³/mol. The molecule has 0 saturated carbocycles. The first-order valence-electron chi connectivity index (χ1n) is 8.78. The number of rotatable bonds is 2. The number of benzene rings is 1. The van der Waals surface area contributed by atoms with Crippen LogP contribution in [0.4, 0.5) is 4.39 Å². The van der Waals surface area contributed by atoms with Gasteiger partial charge in [-0.05, 0) is 36.0 Å². The number of likely N-dealkylation sites (tertiary alicyclic amines) is 1. The van der Waals surface area contributed by atoms with Crippen molar-refractivity contribution in [2.24, 2.45) is 11.8 Å². The molecule has 0 aliphatic carbocycles. The second-order valence-corrected chi connectivity index (χ2v) is 7.42. The van der Waals surface area contributed by atoms with Crippen LogP contribution in [0.2, 0.25) is 0 Å². The summed E-state index contributed by atoms with van der Waals surface area (Å²) in [6.45, 7) is 5.59. The molecule has 2 aliphatic heterocycles. The zero-order valence-electron chi connectivity index (χ0n) is 14.9. The van der Waals surface area contributed by atoms with Crippen molar-refractivity contribution in [3.05, 3.63) is 35.6 Å². The Hall–Kier alpha value is -1.95. The maximum Gasteiger partial charge on any atom is 0.254 e. The molecule has 2 heterocycles. The molecule has 0 aromatic heterocycles. The Kier molecular flexibility index (Phi) is 5.08. The molecule has 0 unspecified atom stereocenters. The van der Waals surface area contributed by atoms with Gasteiger partial charge in [0.1, 0.15) is 12.4 Å². The highest BCUT2D eigenvalue weighted by Gasteiger charge is 2.42. The van der Waals surface area contributed by atoms with Crippen molar-refractivity contribution in [1.82, 2.24) is 9.80 Å². The highest BCUT2D eigenvalue weighted by atomic mass is 19.1. The molecule has 2 amide bonds. The van der Waals surface area contributed by atoms with Crippen LogP contribution < -0.4 is 0 Å². The lowest BCUT2D eigenvalue weighted by molar-refractivity contribution is -0.168. The van der Waals surface area contributed by atoms with E-state index in [4.69, 9.17) is 4.74 Å². The molecule has 5 nitrogen and oxygen atoms in total. The third-order valence-electron chi connectivity index (χ3n) is 5.12. The summed E-state index contributed by atoms with van der Waals surface area (Å²) in [6.07, 6.45) is 0.348. The smallest absolute Gasteiger partial charge is 0.254 e. The Morgan fingerprint density at radius 2 is 1.76 bits per heavy atom. The summed E-state index contributed by atoms with van der Waals surface area (Å²) < 4.78 is 18.9. The molecule has 3 rings (SSSR count). The average molecular weight is 348 g/mol. The van der Waals surface area contributed by atoms with Crippen LogP contribution in [0.1, 0.15) is 31.9 Å². The first-order chi connectivity index (χ1) is 11.9. The van der Waals surface area contributed by atoms with Crippen molar-refractivity contribution in [3.8, 4) is 0 Å². The first-order valence-corrected chi connectivity index (χ1v) is 8.78. The summed E-state index contributed by atoms with van der Waals surface area (Å²) in [7, 11) is 1.67. The standard InChI is InChI=1S/C19H25FN2O3/c1-12-8-13(2)10-22(9-12)19(24)18-17(21(3)16(23)11-25-18)14-4-6-15(20)7-5-14/h4-7,12-13,17-18H,8-11H2,1-3H3/t12-,13+,17-,18+/m1/s1. The van der Waals surface area contributed by atoms with Gasteiger partial charge < -0.3 is 14.5 Å². The fourth-order valence-electron chi connectivity index (χ4n) is 4.00. The minimum atomic E-state index is -0.759. The number of nitrogens with zero attached hydrogens (tertiary/aromatic N) is 2. The number of hydrogen-bond acceptors (Lipinski definition) is 3. The van der Waals surface area contributed by atoms with E-state index < -0.39 is 12.1 Å². The molecule has 136 valence electrons. The van der Waals surface area contributed by atoms with Crippen LogP contribution in [0.15, 0.2) is 24.3 Å².